The van der Waals surface area contributed by atoms with E-state index in [2.05, 4.69) is 10.1 Å². The number of ether oxygens (including phenoxy) is 1. The number of cyclic esters (lactones) is 2. The number of amides is 1. The molecule has 0 radical (unpaired) electrons. The van der Waals surface area contributed by atoms with Crippen molar-refractivity contribution in [3.63, 3.8) is 0 Å². The number of carboxylic acids is 4. The molecule has 1 amide bonds. The molecule has 16 heteroatoms. The van der Waals surface area contributed by atoms with E-state index in [1.165, 1.54) is 33.1 Å². The van der Waals surface area contributed by atoms with Gasteiger partial charge in [-0.2, -0.15) is 0 Å². The van der Waals surface area contributed by atoms with Crippen LogP contribution in [0, 0.1) is 47.3 Å². The van der Waals surface area contributed by atoms with Crippen molar-refractivity contribution in [1.82, 2.24) is 5.32 Å². The van der Waals surface area contributed by atoms with Gasteiger partial charge in [0.1, 0.15) is 5.78 Å². The van der Waals surface area contributed by atoms with Crippen LogP contribution in [0.25, 0.3) is 0 Å². The highest BCUT2D eigenvalue weighted by Crippen LogP contribution is 2.31. The fourth-order valence-electron chi connectivity index (χ4n) is 6.88. The maximum atomic E-state index is 13.1. The molecule has 8 atom stereocenters. The summed E-state index contributed by atoms with van der Waals surface area (Å²) in [6.07, 6.45) is 8.53. The number of aliphatic carboxylic acids is 4. The Morgan fingerprint density at radius 2 is 1.22 bits per heavy atom. The van der Waals surface area contributed by atoms with E-state index in [4.69, 9.17) is 5.73 Å². The Bertz CT molecular complexity index is 1280. The van der Waals surface area contributed by atoms with E-state index in [0.717, 1.165) is 32.1 Å². The minimum absolute atomic E-state index is 0. The van der Waals surface area contributed by atoms with Gasteiger partial charge in [-0.1, -0.05) is 59.8 Å². The van der Waals surface area contributed by atoms with Gasteiger partial charge in [0.2, 0.25) is 5.91 Å². The van der Waals surface area contributed by atoms with Crippen molar-refractivity contribution in [2.45, 2.75) is 149 Å². The third kappa shape index (κ3) is 17.2. The maximum absolute atomic E-state index is 13.1. The van der Waals surface area contributed by atoms with Crippen molar-refractivity contribution >= 4 is 47.5 Å². The molecule has 0 aromatic heterocycles. The lowest BCUT2D eigenvalue weighted by Gasteiger charge is -2.33. The van der Waals surface area contributed by atoms with Gasteiger partial charge in [0.15, 0.2) is 0 Å². The zero-order valence-corrected chi connectivity index (χ0v) is 33.0. The van der Waals surface area contributed by atoms with Crippen LogP contribution in [-0.4, -0.2) is 70.2 Å². The third-order valence-corrected chi connectivity index (χ3v) is 11.1. The molecule has 2 aliphatic carbocycles. The number of nitrogens with one attached hydrogen (secondary N) is 1. The highest BCUT2D eigenvalue weighted by molar-refractivity contribution is 5.96. The standard InChI is InChI=1S/C27H43NO10.C8H12O3.C4H9N.H2O/c1-4-8-20(25(33)34)22(27(37)38)14-7-13-21(26(35)36)19(23(30)28-17-9-5-10-17)12-6-11-18(24(31)32)15(2)16(3)29;1-3-4-6-5(2)7(9)11-8(6)10;5-4-2-1-3-4;/h15,17-22H,4-14H2,1-3H3,(H,28,30)(H,31,32)(H,33,34)(H,35,36)(H,37,38);5-6H,3-4H2,1-2H3;4H,1-3,5H2;1H2/p-3. The molecule has 1 heterocycles. The number of hydrogen-bond donors (Lipinski definition) is 3. The summed E-state index contributed by atoms with van der Waals surface area (Å²) in [5.41, 5.74) is 5.38. The number of nitrogens with two attached hydrogens (primary N) is 1. The van der Waals surface area contributed by atoms with Gasteiger partial charge in [-0.3, -0.25) is 24.0 Å². The first-order chi connectivity index (χ1) is 25.4. The number of carbonyl (C=O) groups is 8. The fourth-order valence-corrected chi connectivity index (χ4v) is 6.88. The predicted octanol–water partition coefficient (Wildman–Crippen LogP) is 0.231. The van der Waals surface area contributed by atoms with Crippen LogP contribution in [0.4, 0.5) is 0 Å². The molecule has 3 fully saturated rings. The smallest absolute Gasteiger partial charge is 0.317 e. The van der Waals surface area contributed by atoms with E-state index in [0.29, 0.717) is 12.5 Å². The van der Waals surface area contributed by atoms with Crippen molar-refractivity contribution in [2.24, 2.45) is 53.1 Å². The van der Waals surface area contributed by atoms with E-state index >= 15 is 0 Å². The Morgan fingerprint density at radius 3 is 1.56 bits per heavy atom. The number of carbonyl (C=O) groups excluding carboxylic acids is 7. The van der Waals surface area contributed by atoms with E-state index in [-0.39, 0.29) is 86.0 Å². The Balaban J connectivity index is 0.00000140. The Kier molecular flexibility index (Phi) is 24.2. The third-order valence-electron chi connectivity index (χ3n) is 11.1. The van der Waals surface area contributed by atoms with Gasteiger partial charge in [0, 0.05) is 59.6 Å². The lowest BCUT2D eigenvalue weighted by atomic mass is 9.79. The predicted molar refractivity (Wildman–Crippen MR) is 192 cm³/mol. The van der Waals surface area contributed by atoms with Gasteiger partial charge >= 0.3 is 17.9 Å². The first-order valence-corrected chi connectivity index (χ1v) is 19.5. The van der Waals surface area contributed by atoms with Crippen molar-refractivity contribution in [2.75, 3.05) is 0 Å². The Morgan fingerprint density at radius 1 is 0.764 bits per heavy atom. The van der Waals surface area contributed by atoms with Gasteiger partial charge in [-0.05, 0) is 77.6 Å². The Labute approximate surface area is 324 Å². The normalized spacial score (nSPS) is 21.1. The number of ketones is 1. The zero-order valence-electron chi connectivity index (χ0n) is 33.0. The van der Waals surface area contributed by atoms with E-state index in [1.54, 1.807) is 13.8 Å². The minimum atomic E-state index is -1.50. The summed E-state index contributed by atoms with van der Waals surface area (Å²) in [6, 6.07) is 0.491. The molecule has 0 aromatic carbocycles. The van der Waals surface area contributed by atoms with Crippen LogP contribution in [0.15, 0.2) is 0 Å². The maximum Gasteiger partial charge on any atom is 0.317 e. The van der Waals surface area contributed by atoms with Gasteiger partial charge in [-0.25, -0.2) is 0 Å². The molecule has 0 bridgehead atoms. The molecule has 0 aromatic rings. The molecule has 316 valence electrons. The quantitative estimate of drug-likeness (QED) is 0.0978. The van der Waals surface area contributed by atoms with Crippen molar-refractivity contribution in [1.29, 1.82) is 0 Å². The van der Waals surface area contributed by atoms with Gasteiger partial charge in [0.25, 0.3) is 0 Å². The van der Waals surface area contributed by atoms with Gasteiger partial charge in [-0.15, -0.1) is 0 Å². The molecular weight excluding hydrogens is 720 g/mol. The summed E-state index contributed by atoms with van der Waals surface area (Å²) < 4.78 is 4.46. The minimum Gasteiger partial charge on any atom is -0.550 e. The molecule has 0 spiro atoms. The number of hydrogen-bond acceptors (Lipinski definition) is 13. The summed E-state index contributed by atoms with van der Waals surface area (Å²) in [7, 11) is 0. The van der Waals surface area contributed by atoms with Crippen molar-refractivity contribution < 1.29 is 69.0 Å². The Hall–Kier alpha value is -3.92. The monoisotopic (exact) mass is 783 g/mol. The molecule has 16 nitrogen and oxygen atoms in total. The van der Waals surface area contributed by atoms with Crippen LogP contribution < -0.4 is 26.4 Å². The van der Waals surface area contributed by atoms with Crippen LogP contribution in [0.5, 0.6) is 0 Å². The summed E-state index contributed by atoms with van der Waals surface area (Å²) in [4.78, 5) is 93.4. The van der Waals surface area contributed by atoms with E-state index in [9.17, 15) is 58.8 Å². The van der Waals surface area contributed by atoms with Crippen LogP contribution in [0.3, 0.4) is 0 Å². The largest absolute Gasteiger partial charge is 0.550 e. The second-order valence-corrected chi connectivity index (χ2v) is 15.1. The summed E-state index contributed by atoms with van der Waals surface area (Å²) in [5, 5.41) is 47.5. The molecule has 3 rings (SSSR count). The van der Waals surface area contributed by atoms with Crippen LogP contribution in [0.2, 0.25) is 0 Å². The second-order valence-electron chi connectivity index (χ2n) is 15.1. The van der Waals surface area contributed by atoms with Crippen LogP contribution >= 0.6 is 0 Å². The molecule has 1 aliphatic heterocycles. The lowest BCUT2D eigenvalue weighted by molar-refractivity contribution is -0.315. The average molecular weight is 784 g/mol. The first kappa shape index (κ1) is 51.1. The number of carboxylic acid groups (broad SMARTS) is 4. The average Bonchev–Trinajstić information content (AvgIpc) is 3.30. The van der Waals surface area contributed by atoms with Gasteiger partial charge < -0.3 is 56.1 Å². The molecular formula is C39H63N2O14-3. The van der Waals surface area contributed by atoms with E-state index < -0.39 is 65.3 Å². The summed E-state index contributed by atoms with van der Waals surface area (Å²) in [5.74, 6) is -14.4. The topological polar surface area (TPSA) is 305 Å². The number of esters is 2. The molecule has 6 N–H and O–H groups in total. The van der Waals surface area contributed by atoms with Crippen molar-refractivity contribution in [3.8, 4) is 0 Å². The van der Waals surface area contributed by atoms with Gasteiger partial charge in [0.05, 0.1) is 17.8 Å². The van der Waals surface area contributed by atoms with E-state index in [1.807, 2.05) is 6.92 Å². The molecule has 1 saturated heterocycles. The SMILES string of the molecule is CCCC(C(=O)[O-])C(CCCC(C(=O)[O-])C(CCCC(C(=O)[O-])C(C)C(C)=O)C(=O)NC1CCC1)C(=O)O.CCCC1C(=O)OC(=O)C1C.NC1CCC1.O. The molecule has 2 saturated carbocycles. The summed E-state index contributed by atoms with van der Waals surface area (Å²) >= 11 is 0. The highest BCUT2D eigenvalue weighted by Gasteiger charge is 2.40. The lowest BCUT2D eigenvalue weighted by Crippen LogP contribution is -2.48. The van der Waals surface area contributed by atoms with Crippen molar-refractivity contribution in [3.05, 3.63) is 0 Å². The second kappa shape index (κ2) is 26.0. The number of rotatable bonds is 22. The fraction of sp³-hybridized carbons (Fsp3) is 0.795. The summed E-state index contributed by atoms with van der Waals surface area (Å²) in [6.45, 7) is 8.20. The van der Waals surface area contributed by atoms with Crippen LogP contribution in [-0.2, 0) is 43.1 Å². The highest BCUT2D eigenvalue weighted by atomic mass is 16.6. The molecule has 55 heavy (non-hydrogen) atoms. The number of Topliss-reactive ketones (excluding diaryl/α,β-unsaturated/α-hetero) is 1. The molecule has 8 unspecified atom stereocenters. The molecule has 3 aliphatic rings. The first-order valence-electron chi connectivity index (χ1n) is 19.5. The van der Waals surface area contributed by atoms with Crippen LogP contribution in [0.1, 0.15) is 137 Å². The zero-order chi connectivity index (χ0) is 41.1.